The minimum Gasteiger partial charge on any atom is -0.383 e. The van der Waals surface area contributed by atoms with Crippen molar-refractivity contribution in [2.24, 2.45) is 0 Å². The SMILES string of the molecule is Cc1ccc2cc(Cc3cc(C(=O)NCc4ccc5c(N)nccc5c4)ccn3)ccc2n1. The summed E-state index contributed by atoms with van der Waals surface area (Å²) in [5.41, 5.74) is 11.5. The van der Waals surface area contributed by atoms with Crippen LogP contribution in [0, 0.1) is 6.92 Å². The van der Waals surface area contributed by atoms with Gasteiger partial charge in [-0.25, -0.2) is 4.98 Å². The van der Waals surface area contributed by atoms with Crippen molar-refractivity contribution in [3.8, 4) is 0 Å². The molecule has 0 aliphatic carbocycles. The van der Waals surface area contributed by atoms with E-state index in [1.807, 2.05) is 49.4 Å². The molecule has 0 atom stereocenters. The molecule has 0 fully saturated rings. The number of hydrogen-bond donors (Lipinski definition) is 2. The number of benzene rings is 2. The standard InChI is InChI=1S/C27H23N5O/c1-17-2-5-21-12-18(4-7-25(21)32-17)14-23-15-22(9-10-29-23)27(33)31-16-19-3-6-24-20(13-19)8-11-30-26(24)28/h2-13,15H,14,16H2,1H3,(H2,28,30)(H,31,33). The van der Waals surface area contributed by atoms with Crippen LogP contribution in [0.15, 0.2) is 79.1 Å². The van der Waals surface area contributed by atoms with Gasteiger partial charge in [0.2, 0.25) is 0 Å². The summed E-state index contributed by atoms with van der Waals surface area (Å²) in [7, 11) is 0. The highest BCUT2D eigenvalue weighted by Crippen LogP contribution is 2.20. The smallest absolute Gasteiger partial charge is 0.251 e. The first kappa shape index (κ1) is 20.6. The number of carbonyl (C=O) groups excluding carboxylic acids is 1. The maximum atomic E-state index is 12.8. The zero-order valence-electron chi connectivity index (χ0n) is 18.2. The molecule has 2 aromatic carbocycles. The number of pyridine rings is 3. The van der Waals surface area contributed by atoms with Crippen molar-refractivity contribution < 1.29 is 4.79 Å². The molecule has 0 spiro atoms. The Balaban J connectivity index is 1.28. The summed E-state index contributed by atoms with van der Waals surface area (Å²) in [6.45, 7) is 2.41. The zero-order chi connectivity index (χ0) is 22.8. The third kappa shape index (κ3) is 4.50. The van der Waals surface area contributed by atoms with E-state index in [9.17, 15) is 4.79 Å². The van der Waals surface area contributed by atoms with Crippen LogP contribution in [-0.4, -0.2) is 20.9 Å². The van der Waals surface area contributed by atoms with Crippen LogP contribution in [-0.2, 0) is 13.0 Å². The lowest BCUT2D eigenvalue weighted by molar-refractivity contribution is 0.0950. The first-order chi connectivity index (χ1) is 16.0. The molecule has 5 aromatic rings. The second-order valence-electron chi connectivity index (χ2n) is 8.13. The number of rotatable bonds is 5. The van der Waals surface area contributed by atoms with Crippen molar-refractivity contribution >= 4 is 33.4 Å². The van der Waals surface area contributed by atoms with Crippen molar-refractivity contribution in [3.05, 3.63) is 107 Å². The number of carbonyl (C=O) groups is 1. The summed E-state index contributed by atoms with van der Waals surface area (Å²) >= 11 is 0. The van der Waals surface area contributed by atoms with Gasteiger partial charge in [-0.2, -0.15) is 0 Å². The predicted molar refractivity (Wildman–Crippen MR) is 131 cm³/mol. The molecule has 0 bridgehead atoms. The molecule has 6 heteroatoms. The maximum Gasteiger partial charge on any atom is 0.251 e. The number of nitrogens with two attached hydrogens (primary N) is 1. The van der Waals surface area contributed by atoms with Gasteiger partial charge >= 0.3 is 0 Å². The van der Waals surface area contributed by atoms with Gasteiger partial charge in [-0.15, -0.1) is 0 Å². The average molecular weight is 434 g/mol. The summed E-state index contributed by atoms with van der Waals surface area (Å²) in [6, 6.07) is 21.7. The van der Waals surface area contributed by atoms with Crippen LogP contribution < -0.4 is 11.1 Å². The van der Waals surface area contributed by atoms with Crippen LogP contribution >= 0.6 is 0 Å². The molecule has 33 heavy (non-hydrogen) atoms. The Morgan fingerprint density at radius 1 is 0.879 bits per heavy atom. The molecular weight excluding hydrogens is 410 g/mol. The molecule has 3 aromatic heterocycles. The summed E-state index contributed by atoms with van der Waals surface area (Å²) in [5.74, 6) is 0.372. The number of aryl methyl sites for hydroxylation is 1. The Labute approximate surface area is 191 Å². The molecule has 1 amide bonds. The first-order valence-corrected chi connectivity index (χ1v) is 10.8. The topological polar surface area (TPSA) is 93.8 Å². The van der Waals surface area contributed by atoms with Gasteiger partial charge < -0.3 is 11.1 Å². The molecule has 0 unspecified atom stereocenters. The number of nitrogen functional groups attached to an aromatic ring is 1. The van der Waals surface area contributed by atoms with E-state index in [2.05, 4.69) is 38.5 Å². The summed E-state index contributed by atoms with van der Waals surface area (Å²) in [6.07, 6.45) is 4.01. The van der Waals surface area contributed by atoms with Crippen molar-refractivity contribution in [1.29, 1.82) is 0 Å². The number of fused-ring (bicyclic) bond motifs is 2. The number of hydrogen-bond acceptors (Lipinski definition) is 5. The lowest BCUT2D eigenvalue weighted by Crippen LogP contribution is -2.23. The van der Waals surface area contributed by atoms with Crippen LogP contribution in [0.4, 0.5) is 5.82 Å². The maximum absolute atomic E-state index is 12.8. The Hall–Kier alpha value is -4.32. The molecular formula is C27H23N5O. The Kier molecular flexibility index (Phi) is 5.40. The highest BCUT2D eigenvalue weighted by molar-refractivity contribution is 5.94. The third-order valence-corrected chi connectivity index (χ3v) is 5.67. The van der Waals surface area contributed by atoms with E-state index in [1.165, 1.54) is 0 Å². The second kappa shape index (κ2) is 8.67. The van der Waals surface area contributed by atoms with Crippen molar-refractivity contribution in [1.82, 2.24) is 20.3 Å². The predicted octanol–water partition coefficient (Wildman–Crippen LogP) is 4.59. The van der Waals surface area contributed by atoms with E-state index in [1.54, 1.807) is 18.5 Å². The minimum absolute atomic E-state index is 0.133. The first-order valence-electron chi connectivity index (χ1n) is 10.8. The largest absolute Gasteiger partial charge is 0.383 e. The molecule has 3 heterocycles. The average Bonchev–Trinajstić information content (AvgIpc) is 2.83. The molecule has 6 nitrogen and oxygen atoms in total. The number of aromatic nitrogens is 3. The summed E-state index contributed by atoms with van der Waals surface area (Å²) in [5, 5.41) is 6.00. The molecule has 3 N–H and O–H groups in total. The number of nitrogens with zero attached hydrogens (tertiary/aromatic N) is 3. The highest BCUT2D eigenvalue weighted by atomic mass is 16.1. The highest BCUT2D eigenvalue weighted by Gasteiger charge is 2.09. The van der Waals surface area contributed by atoms with Crippen molar-refractivity contribution in [2.75, 3.05) is 5.73 Å². The molecule has 0 saturated heterocycles. The van der Waals surface area contributed by atoms with Gasteiger partial charge in [0.25, 0.3) is 5.91 Å². The molecule has 0 aliphatic rings. The lowest BCUT2D eigenvalue weighted by Gasteiger charge is -2.09. The van der Waals surface area contributed by atoms with Crippen LogP contribution in [0.1, 0.15) is 32.9 Å². The van der Waals surface area contributed by atoms with Gasteiger partial charge in [0.15, 0.2) is 0 Å². The van der Waals surface area contributed by atoms with Crippen molar-refractivity contribution in [3.63, 3.8) is 0 Å². The Morgan fingerprint density at radius 3 is 2.61 bits per heavy atom. The van der Waals surface area contributed by atoms with E-state index in [0.717, 1.165) is 44.2 Å². The molecule has 0 saturated carbocycles. The van der Waals surface area contributed by atoms with Gasteiger partial charge in [-0.3, -0.25) is 14.8 Å². The van der Waals surface area contributed by atoms with Gasteiger partial charge in [0.1, 0.15) is 5.82 Å². The van der Waals surface area contributed by atoms with E-state index in [-0.39, 0.29) is 5.91 Å². The lowest BCUT2D eigenvalue weighted by atomic mass is 10.0. The fraction of sp³-hybridized carbons (Fsp3) is 0.111. The van der Waals surface area contributed by atoms with Crippen LogP contribution in [0.5, 0.6) is 0 Å². The molecule has 5 rings (SSSR count). The van der Waals surface area contributed by atoms with E-state index < -0.39 is 0 Å². The Bertz CT molecular complexity index is 1500. The van der Waals surface area contributed by atoms with Crippen molar-refractivity contribution in [2.45, 2.75) is 19.9 Å². The minimum atomic E-state index is -0.133. The molecule has 0 aliphatic heterocycles. The fourth-order valence-electron chi connectivity index (χ4n) is 3.96. The third-order valence-electron chi connectivity index (χ3n) is 5.67. The van der Waals surface area contributed by atoms with E-state index >= 15 is 0 Å². The fourth-order valence-corrected chi connectivity index (χ4v) is 3.96. The monoisotopic (exact) mass is 433 g/mol. The zero-order valence-corrected chi connectivity index (χ0v) is 18.2. The number of anilines is 1. The quantitative estimate of drug-likeness (QED) is 0.423. The van der Waals surface area contributed by atoms with Gasteiger partial charge in [0, 0.05) is 53.1 Å². The Morgan fingerprint density at radius 2 is 1.70 bits per heavy atom. The number of nitrogens with one attached hydrogen (secondary N) is 1. The summed E-state index contributed by atoms with van der Waals surface area (Å²) in [4.78, 5) is 25.9. The summed E-state index contributed by atoms with van der Waals surface area (Å²) < 4.78 is 0. The van der Waals surface area contributed by atoms with Gasteiger partial charge in [-0.05, 0) is 65.9 Å². The van der Waals surface area contributed by atoms with E-state index in [4.69, 9.17) is 5.73 Å². The molecule has 162 valence electrons. The van der Waals surface area contributed by atoms with Crippen LogP contribution in [0.3, 0.4) is 0 Å². The van der Waals surface area contributed by atoms with Gasteiger partial charge in [0.05, 0.1) is 5.52 Å². The van der Waals surface area contributed by atoms with Gasteiger partial charge in [-0.1, -0.05) is 24.3 Å². The molecule has 0 radical (unpaired) electrons. The van der Waals surface area contributed by atoms with Crippen LogP contribution in [0.25, 0.3) is 21.7 Å². The second-order valence-corrected chi connectivity index (χ2v) is 8.13. The number of amides is 1. The normalized spacial score (nSPS) is 11.1. The van der Waals surface area contributed by atoms with Crippen LogP contribution in [0.2, 0.25) is 0 Å². The van der Waals surface area contributed by atoms with E-state index in [0.29, 0.717) is 24.3 Å².